The average molecular weight is 410 g/mol. The molecule has 3 aromatic rings. The third-order valence-corrected chi connectivity index (χ3v) is 4.70. The molecular weight excluding hydrogens is 400 g/mol. The van der Waals surface area contributed by atoms with Crippen molar-refractivity contribution in [2.75, 3.05) is 5.32 Å². The highest BCUT2D eigenvalue weighted by Gasteiger charge is 2.08. The van der Waals surface area contributed by atoms with Gasteiger partial charge in [0, 0.05) is 16.0 Å². The van der Waals surface area contributed by atoms with E-state index < -0.39 is 0 Å². The zero-order valence-corrected chi connectivity index (χ0v) is 14.8. The first-order valence-corrected chi connectivity index (χ1v) is 8.49. The first-order valence-electron chi connectivity index (χ1n) is 6.51. The molecule has 2 heterocycles. The summed E-state index contributed by atoms with van der Waals surface area (Å²) in [7, 11) is 0. The molecule has 0 radical (unpaired) electrons. The van der Waals surface area contributed by atoms with Gasteiger partial charge in [0.1, 0.15) is 12.7 Å². The molecule has 8 heteroatoms. The Morgan fingerprint density at radius 2 is 2.22 bits per heavy atom. The minimum Gasteiger partial charge on any atom is -0.321 e. The SMILES string of the molecule is O=C(/C=C/c1ccc(Br)s1)Nc1cc(Cl)ccc1-n1cncn1. The van der Waals surface area contributed by atoms with Gasteiger partial charge in [-0.05, 0) is 52.3 Å². The number of carbonyl (C=O) groups is 1. The van der Waals surface area contributed by atoms with Gasteiger partial charge in [0.25, 0.3) is 0 Å². The van der Waals surface area contributed by atoms with Gasteiger partial charge in [0.05, 0.1) is 15.2 Å². The number of hydrogen-bond acceptors (Lipinski definition) is 4. The molecule has 0 atom stereocenters. The second-order valence-electron chi connectivity index (χ2n) is 4.47. The number of hydrogen-bond donors (Lipinski definition) is 1. The van der Waals surface area contributed by atoms with Crippen LogP contribution in [0, 0.1) is 0 Å². The van der Waals surface area contributed by atoms with Crippen molar-refractivity contribution in [3.63, 3.8) is 0 Å². The summed E-state index contributed by atoms with van der Waals surface area (Å²) in [4.78, 5) is 17.0. The van der Waals surface area contributed by atoms with Crippen LogP contribution in [0.1, 0.15) is 4.88 Å². The standard InChI is InChI=1S/C15H10BrClN4OS/c16-14-5-2-11(23-14)3-6-15(22)20-12-7-10(17)1-4-13(12)21-9-18-8-19-21/h1-9H,(H,20,22)/b6-3+. The Hall–Kier alpha value is -1.96. The first-order chi connectivity index (χ1) is 11.1. The Labute approximate surface area is 149 Å². The van der Waals surface area contributed by atoms with Crippen molar-refractivity contribution in [1.29, 1.82) is 0 Å². The van der Waals surface area contributed by atoms with Gasteiger partial charge in [-0.15, -0.1) is 11.3 Å². The average Bonchev–Trinajstić information content (AvgIpc) is 3.17. The fraction of sp³-hybridized carbons (Fsp3) is 0. The zero-order chi connectivity index (χ0) is 16.2. The Morgan fingerprint density at radius 1 is 1.35 bits per heavy atom. The van der Waals surface area contributed by atoms with E-state index in [-0.39, 0.29) is 5.91 Å². The molecule has 1 amide bonds. The lowest BCUT2D eigenvalue weighted by Crippen LogP contribution is -2.11. The van der Waals surface area contributed by atoms with Crippen LogP contribution in [0.3, 0.4) is 0 Å². The monoisotopic (exact) mass is 408 g/mol. The highest BCUT2D eigenvalue weighted by molar-refractivity contribution is 9.11. The quantitative estimate of drug-likeness (QED) is 0.650. The van der Waals surface area contributed by atoms with Crippen LogP contribution in [0.25, 0.3) is 11.8 Å². The van der Waals surface area contributed by atoms with E-state index in [0.717, 1.165) is 8.66 Å². The zero-order valence-electron chi connectivity index (χ0n) is 11.6. The van der Waals surface area contributed by atoms with Gasteiger partial charge in [0.2, 0.25) is 5.91 Å². The molecule has 0 saturated heterocycles. The number of amides is 1. The molecular formula is C15H10BrClN4OS. The van der Waals surface area contributed by atoms with Gasteiger partial charge in [-0.1, -0.05) is 11.6 Å². The summed E-state index contributed by atoms with van der Waals surface area (Å²) in [6.07, 6.45) is 6.21. The number of rotatable bonds is 4. The van der Waals surface area contributed by atoms with Gasteiger partial charge in [-0.3, -0.25) is 4.79 Å². The van der Waals surface area contributed by atoms with Crippen LogP contribution in [-0.4, -0.2) is 20.7 Å². The molecule has 1 N–H and O–H groups in total. The van der Waals surface area contributed by atoms with Gasteiger partial charge in [-0.2, -0.15) is 5.10 Å². The molecule has 0 saturated carbocycles. The normalized spacial score (nSPS) is 11.0. The third-order valence-electron chi connectivity index (χ3n) is 2.88. The Bertz CT molecular complexity index is 860. The number of thiophene rings is 1. The maximum absolute atomic E-state index is 12.1. The molecule has 0 unspecified atom stereocenters. The van der Waals surface area contributed by atoms with E-state index in [2.05, 4.69) is 31.3 Å². The van der Waals surface area contributed by atoms with Gasteiger partial charge in [0.15, 0.2) is 0 Å². The third kappa shape index (κ3) is 4.07. The molecule has 0 spiro atoms. The van der Waals surface area contributed by atoms with E-state index in [4.69, 9.17) is 11.6 Å². The number of carbonyl (C=O) groups excluding carboxylic acids is 1. The number of nitrogens with zero attached hydrogens (tertiary/aromatic N) is 3. The van der Waals surface area contributed by atoms with E-state index in [0.29, 0.717) is 16.4 Å². The van der Waals surface area contributed by atoms with Crippen LogP contribution in [0.4, 0.5) is 5.69 Å². The molecule has 116 valence electrons. The largest absolute Gasteiger partial charge is 0.321 e. The van der Waals surface area contributed by atoms with Crippen LogP contribution in [0.15, 0.2) is 52.8 Å². The molecule has 1 aromatic carbocycles. The number of anilines is 1. The van der Waals surface area contributed by atoms with Crippen molar-refractivity contribution in [2.24, 2.45) is 0 Å². The molecule has 23 heavy (non-hydrogen) atoms. The summed E-state index contributed by atoms with van der Waals surface area (Å²) >= 11 is 11.0. The molecule has 2 aromatic heterocycles. The van der Waals surface area contributed by atoms with Crippen molar-refractivity contribution in [1.82, 2.24) is 14.8 Å². The predicted molar refractivity (Wildman–Crippen MR) is 96.1 cm³/mol. The van der Waals surface area contributed by atoms with Crippen LogP contribution >= 0.6 is 38.9 Å². The molecule has 0 fully saturated rings. The molecule has 0 bridgehead atoms. The van der Waals surface area contributed by atoms with Crippen LogP contribution < -0.4 is 5.32 Å². The summed E-state index contributed by atoms with van der Waals surface area (Å²) in [6, 6.07) is 9.03. The summed E-state index contributed by atoms with van der Waals surface area (Å²) in [5.74, 6) is -0.252. The van der Waals surface area contributed by atoms with E-state index in [1.54, 1.807) is 46.6 Å². The van der Waals surface area contributed by atoms with Crippen molar-refractivity contribution in [3.8, 4) is 5.69 Å². The Morgan fingerprint density at radius 3 is 2.91 bits per heavy atom. The molecule has 0 aliphatic rings. The fourth-order valence-corrected chi connectivity index (χ4v) is 3.39. The second kappa shape index (κ2) is 7.08. The molecule has 3 rings (SSSR count). The second-order valence-corrected chi connectivity index (χ2v) is 7.40. The summed E-state index contributed by atoms with van der Waals surface area (Å²) in [6.45, 7) is 0. The Balaban J connectivity index is 1.80. The predicted octanol–water partition coefficient (Wildman–Crippen LogP) is 4.40. The number of nitrogens with one attached hydrogen (secondary N) is 1. The van der Waals surface area contributed by atoms with Gasteiger partial charge in [-0.25, -0.2) is 9.67 Å². The van der Waals surface area contributed by atoms with Crippen molar-refractivity contribution in [2.45, 2.75) is 0 Å². The van der Waals surface area contributed by atoms with E-state index in [1.807, 2.05) is 12.1 Å². The van der Waals surface area contributed by atoms with E-state index >= 15 is 0 Å². The highest BCUT2D eigenvalue weighted by atomic mass is 79.9. The fourth-order valence-electron chi connectivity index (χ4n) is 1.89. The van der Waals surface area contributed by atoms with E-state index in [9.17, 15) is 4.79 Å². The van der Waals surface area contributed by atoms with E-state index in [1.165, 1.54) is 12.4 Å². The summed E-state index contributed by atoms with van der Waals surface area (Å²) < 4.78 is 2.58. The minimum absolute atomic E-state index is 0.252. The van der Waals surface area contributed by atoms with Crippen LogP contribution in [0.2, 0.25) is 5.02 Å². The summed E-state index contributed by atoms with van der Waals surface area (Å²) in [5.41, 5.74) is 1.25. The lowest BCUT2D eigenvalue weighted by Gasteiger charge is -2.09. The lowest BCUT2D eigenvalue weighted by atomic mass is 10.2. The topological polar surface area (TPSA) is 59.8 Å². The Kier molecular flexibility index (Phi) is 4.90. The minimum atomic E-state index is -0.252. The van der Waals surface area contributed by atoms with Gasteiger partial charge >= 0.3 is 0 Å². The molecule has 0 aliphatic heterocycles. The molecule has 5 nitrogen and oxygen atoms in total. The maximum atomic E-state index is 12.1. The number of halogens is 2. The van der Waals surface area contributed by atoms with Crippen molar-refractivity contribution in [3.05, 3.63) is 62.7 Å². The summed E-state index contributed by atoms with van der Waals surface area (Å²) in [5, 5.41) is 7.40. The van der Waals surface area contributed by atoms with Crippen molar-refractivity contribution >= 4 is 56.5 Å². The van der Waals surface area contributed by atoms with Crippen LogP contribution in [-0.2, 0) is 4.79 Å². The molecule has 0 aliphatic carbocycles. The van der Waals surface area contributed by atoms with Gasteiger partial charge < -0.3 is 5.32 Å². The van der Waals surface area contributed by atoms with Crippen molar-refractivity contribution < 1.29 is 4.79 Å². The highest BCUT2D eigenvalue weighted by Crippen LogP contribution is 2.25. The first kappa shape index (κ1) is 15.9. The number of benzene rings is 1. The lowest BCUT2D eigenvalue weighted by molar-refractivity contribution is -0.111. The van der Waals surface area contributed by atoms with Crippen LogP contribution in [0.5, 0.6) is 0 Å². The number of aromatic nitrogens is 3. The smallest absolute Gasteiger partial charge is 0.248 e. The maximum Gasteiger partial charge on any atom is 0.248 e.